The fourth-order valence-electron chi connectivity index (χ4n) is 5.72. The topological polar surface area (TPSA) is 55.6 Å². The molecular weight excluding hydrogens is 496 g/mol. The molecule has 0 unspecified atom stereocenters. The van der Waals surface area contributed by atoms with E-state index in [1.807, 2.05) is 13.8 Å². The van der Waals surface area contributed by atoms with Crippen LogP contribution in [0.4, 0.5) is 11.4 Å². The monoisotopic (exact) mass is 530 g/mol. The van der Waals surface area contributed by atoms with Crippen molar-refractivity contribution in [2.24, 2.45) is 0 Å². The second-order valence-electron chi connectivity index (χ2n) is 10.6. The van der Waals surface area contributed by atoms with Crippen LogP contribution in [0, 0.1) is 6.92 Å². The van der Waals surface area contributed by atoms with Crippen LogP contribution in [0.1, 0.15) is 44.4 Å². The van der Waals surface area contributed by atoms with Crippen molar-refractivity contribution in [3.8, 4) is 22.5 Å². The Kier molecular flexibility index (Phi) is 6.89. The lowest BCUT2D eigenvalue weighted by atomic mass is 9.91. The van der Waals surface area contributed by atoms with Crippen LogP contribution in [-0.2, 0) is 14.9 Å². The number of carbonyl (C=O) groups excluding carboxylic acids is 1. The molecule has 1 heterocycles. The van der Waals surface area contributed by atoms with E-state index < -0.39 is 0 Å². The van der Waals surface area contributed by atoms with Crippen LogP contribution in [0.5, 0.6) is 0 Å². The van der Waals surface area contributed by atoms with E-state index >= 15 is 0 Å². The van der Waals surface area contributed by atoms with Crippen molar-refractivity contribution in [2.45, 2.75) is 45.4 Å². The van der Waals surface area contributed by atoms with E-state index in [1.54, 1.807) is 0 Å². The standard InChI is InChI=1S/C35H34N2O3/c1-4-37(31-19-16-25-8-6-7-9-29(25)22-31)33-24(3)36-40-34(33)28-12-10-26(11-13-28)27-14-17-30(18-15-27)35(20-21-35)23-32(38)39-5-2/h6-19,22H,4-5,20-21,23H2,1-3H3. The summed E-state index contributed by atoms with van der Waals surface area (Å²) in [5.41, 5.74) is 7.39. The van der Waals surface area contributed by atoms with Crippen LogP contribution < -0.4 is 4.90 Å². The summed E-state index contributed by atoms with van der Waals surface area (Å²) in [5, 5.41) is 6.78. The smallest absolute Gasteiger partial charge is 0.306 e. The maximum Gasteiger partial charge on any atom is 0.306 e. The van der Waals surface area contributed by atoms with E-state index in [-0.39, 0.29) is 11.4 Å². The number of aryl methyl sites for hydroxylation is 1. The Morgan fingerprint density at radius 3 is 2.17 bits per heavy atom. The number of fused-ring (bicyclic) bond motifs is 1. The van der Waals surface area contributed by atoms with Gasteiger partial charge in [0.25, 0.3) is 0 Å². The Hall–Kier alpha value is -4.38. The number of hydrogen-bond acceptors (Lipinski definition) is 5. The summed E-state index contributed by atoms with van der Waals surface area (Å²) in [4.78, 5) is 14.4. The summed E-state index contributed by atoms with van der Waals surface area (Å²) in [7, 11) is 0. The summed E-state index contributed by atoms with van der Waals surface area (Å²) in [6.45, 7) is 7.22. The minimum Gasteiger partial charge on any atom is -0.466 e. The molecular formula is C35H34N2O3. The van der Waals surface area contributed by atoms with Gasteiger partial charge in [-0.15, -0.1) is 0 Å². The van der Waals surface area contributed by atoms with Gasteiger partial charge in [-0.1, -0.05) is 84.0 Å². The van der Waals surface area contributed by atoms with E-state index in [4.69, 9.17) is 9.26 Å². The number of esters is 1. The van der Waals surface area contributed by atoms with Crippen LogP contribution in [0.25, 0.3) is 33.2 Å². The molecule has 0 saturated heterocycles. The number of hydrogen-bond donors (Lipinski definition) is 0. The van der Waals surface area contributed by atoms with Crippen LogP contribution in [0.3, 0.4) is 0 Å². The van der Waals surface area contributed by atoms with Gasteiger partial charge in [-0.2, -0.15) is 0 Å². The minimum atomic E-state index is -0.107. The summed E-state index contributed by atoms with van der Waals surface area (Å²) in [5.74, 6) is 0.660. The highest BCUT2D eigenvalue weighted by Crippen LogP contribution is 2.51. The Labute approximate surface area is 235 Å². The van der Waals surface area contributed by atoms with Crippen molar-refractivity contribution in [1.82, 2.24) is 5.16 Å². The molecule has 0 aliphatic heterocycles. The van der Waals surface area contributed by atoms with Gasteiger partial charge < -0.3 is 14.2 Å². The lowest BCUT2D eigenvalue weighted by molar-refractivity contribution is -0.143. The van der Waals surface area contributed by atoms with Gasteiger partial charge in [0.2, 0.25) is 0 Å². The number of nitrogens with zero attached hydrogens (tertiary/aromatic N) is 2. The Bertz CT molecular complexity index is 1650. The number of aromatic nitrogens is 1. The first-order valence-corrected chi connectivity index (χ1v) is 14.1. The third-order valence-electron chi connectivity index (χ3n) is 8.08. The number of anilines is 2. The lowest BCUT2D eigenvalue weighted by Gasteiger charge is -2.23. The van der Waals surface area contributed by atoms with Crippen LogP contribution in [0.2, 0.25) is 0 Å². The third kappa shape index (κ3) is 4.88. The van der Waals surface area contributed by atoms with Gasteiger partial charge in [-0.25, -0.2) is 0 Å². The number of rotatable bonds is 9. The molecule has 1 aliphatic rings. The Morgan fingerprint density at radius 2 is 1.52 bits per heavy atom. The molecule has 0 amide bonds. The van der Waals surface area contributed by atoms with Crippen molar-refractivity contribution in [3.63, 3.8) is 0 Å². The predicted molar refractivity (Wildman–Crippen MR) is 161 cm³/mol. The van der Waals surface area contributed by atoms with Gasteiger partial charge in [0.15, 0.2) is 5.76 Å². The number of ether oxygens (including phenoxy) is 1. The van der Waals surface area contributed by atoms with Crippen molar-refractivity contribution >= 4 is 28.1 Å². The highest BCUT2D eigenvalue weighted by atomic mass is 16.5. The molecule has 5 nitrogen and oxygen atoms in total. The zero-order valence-electron chi connectivity index (χ0n) is 23.3. The Balaban J connectivity index is 1.25. The third-order valence-corrected chi connectivity index (χ3v) is 8.08. The molecule has 5 heteroatoms. The van der Waals surface area contributed by atoms with Crippen LogP contribution in [0.15, 0.2) is 95.5 Å². The molecule has 1 saturated carbocycles. The van der Waals surface area contributed by atoms with E-state index in [2.05, 4.69) is 108 Å². The Morgan fingerprint density at radius 1 is 0.875 bits per heavy atom. The van der Waals surface area contributed by atoms with Crippen molar-refractivity contribution in [1.29, 1.82) is 0 Å². The number of benzene rings is 4. The molecule has 0 atom stereocenters. The second-order valence-corrected chi connectivity index (χ2v) is 10.6. The molecule has 6 rings (SSSR count). The van der Waals surface area contributed by atoms with Crippen molar-refractivity contribution in [3.05, 3.63) is 102 Å². The average Bonchev–Trinajstić information content (AvgIpc) is 3.67. The normalized spacial score (nSPS) is 13.8. The summed E-state index contributed by atoms with van der Waals surface area (Å²) >= 11 is 0. The quantitative estimate of drug-likeness (QED) is 0.179. The average molecular weight is 531 g/mol. The first kappa shape index (κ1) is 25.9. The minimum absolute atomic E-state index is 0.0502. The maximum absolute atomic E-state index is 12.1. The van der Waals surface area contributed by atoms with Gasteiger partial charge in [-0.3, -0.25) is 4.79 Å². The lowest BCUT2D eigenvalue weighted by Crippen LogP contribution is -2.17. The molecule has 0 spiro atoms. The molecule has 1 aliphatic carbocycles. The zero-order valence-corrected chi connectivity index (χ0v) is 23.3. The van der Waals surface area contributed by atoms with Gasteiger partial charge in [-0.05, 0) is 73.2 Å². The summed E-state index contributed by atoms with van der Waals surface area (Å²) in [6, 6.07) is 32.0. The molecule has 0 bridgehead atoms. The van der Waals surface area contributed by atoms with E-state index in [0.717, 1.165) is 58.9 Å². The fraction of sp³-hybridized carbons (Fsp3) is 0.257. The number of carbonyl (C=O) groups is 1. The van der Waals surface area contributed by atoms with Gasteiger partial charge >= 0.3 is 5.97 Å². The van der Waals surface area contributed by atoms with Crippen molar-refractivity contribution in [2.75, 3.05) is 18.1 Å². The highest BCUT2D eigenvalue weighted by Gasteiger charge is 2.46. The molecule has 1 aromatic heterocycles. The maximum atomic E-state index is 12.1. The molecule has 202 valence electrons. The van der Waals surface area contributed by atoms with E-state index in [0.29, 0.717) is 13.0 Å². The van der Waals surface area contributed by atoms with Crippen molar-refractivity contribution < 1.29 is 14.1 Å². The van der Waals surface area contributed by atoms with Crippen LogP contribution >= 0.6 is 0 Å². The molecule has 4 aromatic carbocycles. The molecule has 0 radical (unpaired) electrons. The summed E-state index contributed by atoms with van der Waals surface area (Å²) < 4.78 is 11.1. The highest BCUT2D eigenvalue weighted by molar-refractivity contribution is 5.89. The molecule has 5 aromatic rings. The van der Waals surface area contributed by atoms with Crippen LogP contribution in [-0.4, -0.2) is 24.3 Å². The largest absolute Gasteiger partial charge is 0.466 e. The molecule has 40 heavy (non-hydrogen) atoms. The zero-order chi connectivity index (χ0) is 27.7. The molecule has 1 fully saturated rings. The first-order valence-electron chi connectivity index (χ1n) is 14.1. The van der Waals surface area contributed by atoms with Gasteiger partial charge in [0, 0.05) is 23.2 Å². The van der Waals surface area contributed by atoms with E-state index in [1.165, 1.54) is 16.3 Å². The van der Waals surface area contributed by atoms with Gasteiger partial charge in [0.1, 0.15) is 11.4 Å². The predicted octanol–water partition coefficient (Wildman–Crippen LogP) is 8.61. The second kappa shape index (κ2) is 10.6. The molecule has 0 N–H and O–H groups in total. The first-order chi connectivity index (χ1) is 19.5. The van der Waals surface area contributed by atoms with Gasteiger partial charge in [0.05, 0.1) is 13.0 Å². The SMILES string of the molecule is CCOC(=O)CC1(c2ccc(-c3ccc(-c4onc(C)c4N(CC)c4ccc5ccccc5c4)cc3)cc2)CC1. The summed E-state index contributed by atoms with van der Waals surface area (Å²) in [6.07, 6.45) is 2.53. The fourth-order valence-corrected chi connectivity index (χ4v) is 5.72. The van der Waals surface area contributed by atoms with E-state index in [9.17, 15) is 4.79 Å².